The summed E-state index contributed by atoms with van der Waals surface area (Å²) in [5.41, 5.74) is 3.32. The second-order valence-corrected chi connectivity index (χ2v) is 10.7. The second kappa shape index (κ2) is 16.5. The topological polar surface area (TPSA) is 72.5 Å². The van der Waals surface area contributed by atoms with E-state index in [1.54, 1.807) is 0 Å². The maximum Gasteiger partial charge on any atom is 0.491 e. The third-order valence-electron chi connectivity index (χ3n) is 7.30. The molecule has 7 nitrogen and oxygen atoms in total. The van der Waals surface area contributed by atoms with Gasteiger partial charge in [0, 0.05) is 0 Å². The Morgan fingerprint density at radius 2 is 0.957 bits per heavy atom. The summed E-state index contributed by atoms with van der Waals surface area (Å²) >= 11 is 0. The van der Waals surface area contributed by atoms with Gasteiger partial charge in [-0.1, -0.05) is 121 Å². The van der Waals surface area contributed by atoms with Crippen molar-refractivity contribution >= 4 is 5.97 Å². The van der Waals surface area contributed by atoms with Crippen molar-refractivity contribution in [3.8, 4) is 0 Å². The van der Waals surface area contributed by atoms with Crippen LogP contribution in [0.1, 0.15) is 22.3 Å². The Hall–Kier alpha value is -4.06. The first-order valence-electron chi connectivity index (χ1n) is 14.9. The van der Waals surface area contributed by atoms with Gasteiger partial charge in [-0.05, 0) is 22.3 Å². The summed E-state index contributed by atoms with van der Waals surface area (Å²) in [7, 11) is 0. The van der Waals surface area contributed by atoms with Crippen LogP contribution in [0, 0.1) is 0 Å². The van der Waals surface area contributed by atoms with Gasteiger partial charge in [-0.15, -0.1) is 0 Å². The maximum absolute atomic E-state index is 13.5. The summed E-state index contributed by atoms with van der Waals surface area (Å²) in [5.74, 6) is -2.40. The van der Waals surface area contributed by atoms with E-state index >= 15 is 0 Å². The van der Waals surface area contributed by atoms with Crippen LogP contribution >= 0.6 is 0 Å². The highest BCUT2D eigenvalue weighted by Gasteiger charge is 2.52. The summed E-state index contributed by atoms with van der Waals surface area (Å²) in [6, 6.07) is 37.2. The molecule has 0 bridgehead atoms. The number of carbonyl (C=O) groups excluding carboxylic acids is 1. The number of ether oxygens (including phenoxy) is 6. The van der Waals surface area contributed by atoms with E-state index in [0.717, 1.165) is 22.3 Å². The van der Waals surface area contributed by atoms with E-state index in [1.165, 1.54) is 0 Å². The maximum atomic E-state index is 13.5. The van der Waals surface area contributed by atoms with Gasteiger partial charge in [0.25, 0.3) is 0 Å². The number of hydrogen-bond acceptors (Lipinski definition) is 7. The molecular weight excluding hydrogens is 601 g/mol. The average molecular weight is 637 g/mol. The summed E-state index contributed by atoms with van der Waals surface area (Å²) in [5, 5.41) is 0. The molecule has 4 aromatic carbocycles. The quantitative estimate of drug-likeness (QED) is 0.141. The average Bonchev–Trinajstić information content (AvgIpc) is 3.07. The van der Waals surface area contributed by atoms with E-state index < -0.39 is 42.9 Å². The monoisotopic (exact) mass is 636 g/mol. The summed E-state index contributed by atoms with van der Waals surface area (Å²) in [6.45, 7) is 0.335. The van der Waals surface area contributed by atoms with Crippen molar-refractivity contribution in [1.82, 2.24) is 0 Å². The Kier molecular flexibility index (Phi) is 11.9. The molecule has 0 aromatic heterocycles. The van der Waals surface area contributed by atoms with Crippen molar-refractivity contribution in [1.29, 1.82) is 0 Å². The van der Waals surface area contributed by atoms with E-state index in [1.807, 2.05) is 121 Å². The van der Waals surface area contributed by atoms with Crippen LogP contribution in [0.3, 0.4) is 0 Å². The normalized spacial score (nSPS) is 21.5. The number of esters is 1. The fourth-order valence-corrected chi connectivity index (χ4v) is 5.01. The molecule has 5 atom stereocenters. The number of hydrogen-bond donors (Lipinski definition) is 0. The molecule has 1 saturated heterocycles. The Morgan fingerprint density at radius 3 is 1.39 bits per heavy atom. The minimum atomic E-state index is -5.26. The minimum absolute atomic E-state index is 0.0132. The zero-order chi connectivity index (χ0) is 32.2. The molecule has 0 N–H and O–H groups in total. The minimum Gasteiger partial charge on any atom is -0.426 e. The molecule has 0 spiro atoms. The summed E-state index contributed by atoms with van der Waals surface area (Å²) in [6.07, 6.45) is -11.2. The Bertz CT molecular complexity index is 1460. The van der Waals surface area contributed by atoms with Crippen LogP contribution in [0.4, 0.5) is 13.2 Å². The lowest BCUT2D eigenvalue weighted by Crippen LogP contribution is -2.62. The first-order chi connectivity index (χ1) is 22.4. The summed E-state index contributed by atoms with van der Waals surface area (Å²) in [4.78, 5) is 12.2. The molecule has 5 rings (SSSR count). The molecule has 46 heavy (non-hydrogen) atoms. The molecule has 0 aliphatic carbocycles. The lowest BCUT2D eigenvalue weighted by atomic mass is 9.97. The number of rotatable bonds is 14. The predicted molar refractivity (Wildman–Crippen MR) is 162 cm³/mol. The molecule has 4 aromatic rings. The molecule has 1 unspecified atom stereocenters. The van der Waals surface area contributed by atoms with Crippen LogP contribution in [-0.2, 0) is 59.6 Å². The highest BCUT2D eigenvalue weighted by molar-refractivity contribution is 5.75. The third-order valence-corrected chi connectivity index (χ3v) is 7.30. The Balaban J connectivity index is 1.46. The van der Waals surface area contributed by atoms with E-state index in [-0.39, 0.29) is 33.0 Å². The molecule has 1 aliphatic heterocycles. The largest absolute Gasteiger partial charge is 0.491 e. The molecule has 1 fully saturated rings. The number of halogens is 3. The molecule has 242 valence electrons. The van der Waals surface area contributed by atoms with Gasteiger partial charge in [0.2, 0.25) is 6.29 Å². The van der Waals surface area contributed by atoms with Gasteiger partial charge < -0.3 is 28.4 Å². The van der Waals surface area contributed by atoms with Gasteiger partial charge in [0.05, 0.1) is 33.0 Å². The van der Waals surface area contributed by atoms with Crippen molar-refractivity contribution in [2.75, 3.05) is 6.61 Å². The first kappa shape index (κ1) is 33.3. The van der Waals surface area contributed by atoms with Crippen LogP contribution in [0.5, 0.6) is 0 Å². The predicted octanol–water partition coefficient (Wildman–Crippen LogP) is 6.79. The van der Waals surface area contributed by atoms with Crippen molar-refractivity contribution < 1.29 is 46.4 Å². The third kappa shape index (κ3) is 9.72. The van der Waals surface area contributed by atoms with Crippen LogP contribution < -0.4 is 0 Å². The van der Waals surface area contributed by atoms with Gasteiger partial charge in [-0.2, -0.15) is 13.2 Å². The van der Waals surface area contributed by atoms with Crippen molar-refractivity contribution in [2.45, 2.75) is 63.3 Å². The number of alkyl halides is 3. The fourth-order valence-electron chi connectivity index (χ4n) is 5.01. The lowest BCUT2D eigenvalue weighted by molar-refractivity contribution is -0.327. The highest BCUT2D eigenvalue weighted by Crippen LogP contribution is 2.33. The standard InChI is InChI=1S/C36H35F3O7/c37-36(38,39)35(40)46-34-33(44-24-29-19-11-4-12-20-29)32(43-23-28-17-9-3-10-18-28)31(42-22-27-15-7-2-8-16-27)30(45-34)25-41-21-26-13-5-1-6-14-26/h1-20,30-34H,21-25H2/t30-,31-,32+,33-,34?/m1/s1. The SMILES string of the molecule is O=C(OC1O[C@H](COCc2ccccc2)[C@@H](OCc2ccccc2)[C@H](OCc2ccccc2)[C@H]1OCc1ccccc1)C(F)(F)F. The van der Waals surface area contributed by atoms with Crippen LogP contribution in [0.2, 0.25) is 0 Å². The van der Waals surface area contributed by atoms with Gasteiger partial charge in [0.1, 0.15) is 24.4 Å². The van der Waals surface area contributed by atoms with Gasteiger partial charge >= 0.3 is 12.1 Å². The molecule has 0 amide bonds. The van der Waals surface area contributed by atoms with Gasteiger partial charge in [-0.25, -0.2) is 4.79 Å². The molecular formula is C36H35F3O7. The fraction of sp³-hybridized carbons (Fsp3) is 0.306. The second-order valence-electron chi connectivity index (χ2n) is 10.7. The zero-order valence-corrected chi connectivity index (χ0v) is 25.0. The van der Waals surface area contributed by atoms with Crippen molar-refractivity contribution in [2.24, 2.45) is 0 Å². The van der Waals surface area contributed by atoms with Crippen molar-refractivity contribution in [3.05, 3.63) is 144 Å². The smallest absolute Gasteiger partial charge is 0.426 e. The Morgan fingerprint density at radius 1 is 0.565 bits per heavy atom. The Labute approximate surface area is 265 Å². The molecule has 1 aliphatic rings. The summed E-state index contributed by atoms with van der Waals surface area (Å²) < 4.78 is 76.4. The zero-order valence-electron chi connectivity index (χ0n) is 25.0. The van der Waals surface area contributed by atoms with E-state index in [2.05, 4.69) is 0 Å². The molecule has 0 radical (unpaired) electrons. The molecule has 1 heterocycles. The van der Waals surface area contributed by atoms with Gasteiger partial charge in [0.15, 0.2) is 0 Å². The highest BCUT2D eigenvalue weighted by atomic mass is 19.4. The van der Waals surface area contributed by atoms with E-state index in [9.17, 15) is 18.0 Å². The molecule has 0 saturated carbocycles. The van der Waals surface area contributed by atoms with E-state index in [4.69, 9.17) is 28.4 Å². The number of benzene rings is 4. The van der Waals surface area contributed by atoms with E-state index in [0.29, 0.717) is 0 Å². The number of carbonyl (C=O) groups is 1. The lowest BCUT2D eigenvalue weighted by Gasteiger charge is -2.45. The molecule has 10 heteroatoms. The van der Waals surface area contributed by atoms with Crippen LogP contribution in [-0.4, -0.2) is 49.5 Å². The first-order valence-corrected chi connectivity index (χ1v) is 14.9. The van der Waals surface area contributed by atoms with Crippen LogP contribution in [0.25, 0.3) is 0 Å². The van der Waals surface area contributed by atoms with Crippen molar-refractivity contribution in [3.63, 3.8) is 0 Å². The van der Waals surface area contributed by atoms with Gasteiger partial charge in [-0.3, -0.25) is 0 Å². The van der Waals surface area contributed by atoms with Crippen LogP contribution in [0.15, 0.2) is 121 Å².